The second-order valence-electron chi connectivity index (χ2n) is 4.72. The van der Waals surface area contributed by atoms with E-state index in [1.807, 2.05) is 29.2 Å². The lowest BCUT2D eigenvalue weighted by Gasteiger charge is -2.34. The molecule has 0 radical (unpaired) electrons. The van der Waals surface area contributed by atoms with Gasteiger partial charge in [-0.1, -0.05) is 25.1 Å². The molecule has 1 aliphatic heterocycles. The average Bonchev–Trinajstić information content (AvgIpc) is 2.47. The number of hydrogen-bond donors (Lipinski definition) is 0. The maximum Gasteiger partial charge on any atom is 0.254 e. The van der Waals surface area contributed by atoms with Crippen LogP contribution in [-0.2, 0) is 6.42 Å². The van der Waals surface area contributed by atoms with Gasteiger partial charge in [0, 0.05) is 31.7 Å². The van der Waals surface area contributed by atoms with Gasteiger partial charge in [0.25, 0.3) is 5.91 Å². The summed E-state index contributed by atoms with van der Waals surface area (Å²) in [5.41, 5.74) is 1.50. The third-order valence-electron chi connectivity index (χ3n) is 3.62. The van der Waals surface area contributed by atoms with E-state index in [0.29, 0.717) is 5.56 Å². The normalized spacial score (nSPS) is 16.1. The molecule has 1 heterocycles. The molecule has 0 atom stereocenters. The molecule has 0 saturated carbocycles. The largest absolute Gasteiger partial charge is 0.336 e. The number of nitrogens with zero attached hydrogens (tertiary/aromatic N) is 3. The van der Waals surface area contributed by atoms with Crippen molar-refractivity contribution in [2.24, 2.45) is 0 Å². The standard InChI is InChI=1S/C15H19N3O/c1-2-17-9-11-18(12-10-17)15(19)14-6-4-3-5-13(14)7-8-16/h3-6H,2,7,9-12H2,1H3. The monoisotopic (exact) mass is 257 g/mol. The van der Waals surface area contributed by atoms with Gasteiger partial charge in [0.1, 0.15) is 0 Å². The SMILES string of the molecule is CCN1CCN(C(=O)c2ccccc2CC#N)CC1. The summed E-state index contributed by atoms with van der Waals surface area (Å²) in [6.07, 6.45) is 0.289. The minimum Gasteiger partial charge on any atom is -0.336 e. The van der Waals surface area contributed by atoms with E-state index in [2.05, 4.69) is 17.9 Å². The van der Waals surface area contributed by atoms with Crippen LogP contribution >= 0.6 is 0 Å². The van der Waals surface area contributed by atoms with Gasteiger partial charge in [-0.2, -0.15) is 5.26 Å². The Hall–Kier alpha value is -1.86. The van der Waals surface area contributed by atoms with Crippen molar-refractivity contribution < 1.29 is 4.79 Å². The lowest BCUT2D eigenvalue weighted by molar-refractivity contribution is 0.0642. The van der Waals surface area contributed by atoms with Gasteiger partial charge in [-0.3, -0.25) is 4.79 Å². The molecule has 0 N–H and O–H groups in total. The first-order valence-corrected chi connectivity index (χ1v) is 6.72. The van der Waals surface area contributed by atoms with E-state index in [1.54, 1.807) is 0 Å². The van der Waals surface area contributed by atoms with Crippen LogP contribution in [-0.4, -0.2) is 48.4 Å². The van der Waals surface area contributed by atoms with Crippen molar-refractivity contribution in [2.75, 3.05) is 32.7 Å². The van der Waals surface area contributed by atoms with E-state index in [-0.39, 0.29) is 12.3 Å². The van der Waals surface area contributed by atoms with Gasteiger partial charge < -0.3 is 9.80 Å². The Kier molecular flexibility index (Phi) is 4.53. The first-order chi connectivity index (χ1) is 9.26. The number of nitriles is 1. The van der Waals surface area contributed by atoms with Crippen LogP contribution in [0.3, 0.4) is 0 Å². The Morgan fingerprint density at radius 3 is 2.58 bits per heavy atom. The van der Waals surface area contributed by atoms with Crippen molar-refractivity contribution in [1.82, 2.24) is 9.80 Å². The van der Waals surface area contributed by atoms with Crippen LogP contribution in [0.4, 0.5) is 0 Å². The summed E-state index contributed by atoms with van der Waals surface area (Å²) in [5.74, 6) is 0.0570. The van der Waals surface area contributed by atoms with Crippen molar-refractivity contribution in [2.45, 2.75) is 13.3 Å². The predicted molar refractivity (Wildman–Crippen MR) is 73.8 cm³/mol. The fourth-order valence-electron chi connectivity index (χ4n) is 2.41. The summed E-state index contributed by atoms with van der Waals surface area (Å²) in [7, 11) is 0. The molecule has 2 rings (SSSR count). The topological polar surface area (TPSA) is 47.3 Å². The van der Waals surface area contributed by atoms with Gasteiger partial charge in [0.05, 0.1) is 12.5 Å². The van der Waals surface area contributed by atoms with Crippen molar-refractivity contribution in [3.05, 3.63) is 35.4 Å². The average molecular weight is 257 g/mol. The number of carbonyl (C=O) groups excluding carboxylic acids is 1. The summed E-state index contributed by atoms with van der Waals surface area (Å²) < 4.78 is 0. The predicted octanol–water partition coefficient (Wildman–Crippen LogP) is 1.53. The van der Waals surface area contributed by atoms with Gasteiger partial charge in [-0.25, -0.2) is 0 Å². The van der Waals surface area contributed by atoms with Crippen LogP contribution in [0.1, 0.15) is 22.8 Å². The molecule has 0 aromatic heterocycles. The molecule has 0 unspecified atom stereocenters. The lowest BCUT2D eigenvalue weighted by atomic mass is 10.0. The number of hydrogen-bond acceptors (Lipinski definition) is 3. The molecule has 0 aliphatic carbocycles. The molecule has 4 nitrogen and oxygen atoms in total. The van der Waals surface area contributed by atoms with E-state index in [0.717, 1.165) is 38.3 Å². The minimum atomic E-state index is 0.0570. The summed E-state index contributed by atoms with van der Waals surface area (Å²) in [6, 6.07) is 9.53. The van der Waals surface area contributed by atoms with E-state index >= 15 is 0 Å². The van der Waals surface area contributed by atoms with E-state index < -0.39 is 0 Å². The molecule has 1 amide bonds. The highest BCUT2D eigenvalue weighted by Crippen LogP contribution is 2.14. The quantitative estimate of drug-likeness (QED) is 0.825. The zero-order chi connectivity index (χ0) is 13.7. The Morgan fingerprint density at radius 1 is 1.26 bits per heavy atom. The molecule has 100 valence electrons. The molecule has 19 heavy (non-hydrogen) atoms. The zero-order valence-corrected chi connectivity index (χ0v) is 11.3. The number of benzene rings is 1. The maximum absolute atomic E-state index is 12.5. The van der Waals surface area contributed by atoms with Crippen molar-refractivity contribution in [3.8, 4) is 6.07 Å². The lowest BCUT2D eigenvalue weighted by Crippen LogP contribution is -2.48. The molecule has 0 spiro atoms. The van der Waals surface area contributed by atoms with E-state index in [4.69, 9.17) is 5.26 Å². The Morgan fingerprint density at radius 2 is 1.95 bits per heavy atom. The molecule has 1 aromatic rings. The highest BCUT2D eigenvalue weighted by Gasteiger charge is 2.22. The van der Waals surface area contributed by atoms with Crippen molar-refractivity contribution in [3.63, 3.8) is 0 Å². The fourth-order valence-corrected chi connectivity index (χ4v) is 2.41. The smallest absolute Gasteiger partial charge is 0.254 e. The summed E-state index contributed by atoms with van der Waals surface area (Å²) in [6.45, 7) is 6.58. The van der Waals surface area contributed by atoms with Crippen molar-refractivity contribution in [1.29, 1.82) is 5.26 Å². The highest BCUT2D eigenvalue weighted by molar-refractivity contribution is 5.95. The summed E-state index contributed by atoms with van der Waals surface area (Å²) >= 11 is 0. The Bertz CT molecular complexity index is 484. The van der Waals surface area contributed by atoms with Crippen LogP contribution in [0.2, 0.25) is 0 Å². The molecule has 1 fully saturated rings. The summed E-state index contributed by atoms with van der Waals surface area (Å²) in [5, 5.41) is 8.82. The third kappa shape index (κ3) is 3.12. The molecule has 0 bridgehead atoms. The van der Waals surface area contributed by atoms with Crippen LogP contribution < -0.4 is 0 Å². The van der Waals surface area contributed by atoms with E-state index in [1.165, 1.54) is 0 Å². The first-order valence-electron chi connectivity index (χ1n) is 6.72. The van der Waals surface area contributed by atoms with Gasteiger partial charge in [-0.05, 0) is 18.2 Å². The maximum atomic E-state index is 12.5. The molecule has 1 aliphatic rings. The highest BCUT2D eigenvalue weighted by atomic mass is 16.2. The molecule has 1 aromatic carbocycles. The Balaban J connectivity index is 2.10. The second-order valence-corrected chi connectivity index (χ2v) is 4.72. The number of likely N-dealkylation sites (N-methyl/N-ethyl adjacent to an activating group) is 1. The number of carbonyl (C=O) groups is 1. The van der Waals surface area contributed by atoms with Gasteiger partial charge in [0.15, 0.2) is 0 Å². The molecular weight excluding hydrogens is 238 g/mol. The van der Waals surface area contributed by atoms with E-state index in [9.17, 15) is 4.79 Å². The number of piperazine rings is 1. The van der Waals surface area contributed by atoms with Gasteiger partial charge in [-0.15, -0.1) is 0 Å². The zero-order valence-electron chi connectivity index (χ0n) is 11.3. The van der Waals surface area contributed by atoms with Crippen LogP contribution in [0.25, 0.3) is 0 Å². The van der Waals surface area contributed by atoms with Crippen LogP contribution in [0, 0.1) is 11.3 Å². The molecule has 4 heteroatoms. The fraction of sp³-hybridized carbons (Fsp3) is 0.467. The van der Waals surface area contributed by atoms with Crippen molar-refractivity contribution >= 4 is 5.91 Å². The van der Waals surface area contributed by atoms with Gasteiger partial charge in [0.2, 0.25) is 0 Å². The minimum absolute atomic E-state index is 0.0570. The molecule has 1 saturated heterocycles. The second kappa shape index (κ2) is 6.35. The third-order valence-corrected chi connectivity index (χ3v) is 3.62. The number of amides is 1. The van der Waals surface area contributed by atoms with Gasteiger partial charge >= 0.3 is 0 Å². The first kappa shape index (κ1) is 13.6. The number of rotatable bonds is 3. The summed E-state index contributed by atoms with van der Waals surface area (Å²) in [4.78, 5) is 16.7. The van der Waals surface area contributed by atoms with Crippen LogP contribution in [0.15, 0.2) is 24.3 Å². The Labute approximate surface area is 114 Å². The van der Waals surface area contributed by atoms with Crippen LogP contribution in [0.5, 0.6) is 0 Å². The molecular formula is C15H19N3O.